The van der Waals surface area contributed by atoms with Crippen molar-refractivity contribution in [1.82, 2.24) is 9.80 Å². The first-order valence-electron chi connectivity index (χ1n) is 9.50. The van der Waals surface area contributed by atoms with Gasteiger partial charge in [0.15, 0.2) is 0 Å². The van der Waals surface area contributed by atoms with Crippen LogP contribution in [0.25, 0.3) is 0 Å². The first-order chi connectivity index (χ1) is 12.2. The Morgan fingerprint density at radius 2 is 1.80 bits per heavy atom. The van der Waals surface area contributed by atoms with Crippen LogP contribution in [0.4, 0.5) is 0 Å². The fourth-order valence-corrected chi connectivity index (χ4v) is 4.02. The van der Waals surface area contributed by atoms with Crippen molar-refractivity contribution >= 4 is 5.91 Å². The highest BCUT2D eigenvalue weighted by atomic mass is 16.5. The molecule has 0 spiro atoms. The van der Waals surface area contributed by atoms with Crippen molar-refractivity contribution in [2.24, 2.45) is 0 Å². The minimum Gasteiger partial charge on any atom is -0.497 e. The summed E-state index contributed by atoms with van der Waals surface area (Å²) in [4.78, 5) is 16.8. The summed E-state index contributed by atoms with van der Waals surface area (Å²) in [6.45, 7) is 3.33. The van der Waals surface area contributed by atoms with E-state index in [0.29, 0.717) is 12.5 Å². The Kier molecular flexibility index (Phi) is 6.32. The standard InChI is InChI=1S/C20H30N2O3/c1-25-17-9-6-16(7-10-17)8-11-20(24)22-14-12-21(13-15-22)18-4-2-3-5-19(18)23/h6-7,9-10,18-19,23H,2-5,8,11-15H2,1H3. The third-order valence-electron chi connectivity index (χ3n) is 5.62. The minimum absolute atomic E-state index is 0.189. The van der Waals surface area contributed by atoms with Crippen LogP contribution in [0.2, 0.25) is 0 Å². The molecule has 5 heteroatoms. The molecule has 25 heavy (non-hydrogen) atoms. The van der Waals surface area contributed by atoms with Crippen LogP contribution in [0.5, 0.6) is 5.75 Å². The van der Waals surface area contributed by atoms with Crippen LogP contribution >= 0.6 is 0 Å². The van der Waals surface area contributed by atoms with Gasteiger partial charge in [-0.2, -0.15) is 0 Å². The van der Waals surface area contributed by atoms with Crippen LogP contribution in [0.3, 0.4) is 0 Å². The normalized spacial score (nSPS) is 25.0. The summed E-state index contributed by atoms with van der Waals surface area (Å²) in [6, 6.07) is 8.22. The highest BCUT2D eigenvalue weighted by Gasteiger charge is 2.31. The lowest BCUT2D eigenvalue weighted by Gasteiger charge is -2.42. The lowest BCUT2D eigenvalue weighted by molar-refractivity contribution is -0.133. The number of carbonyl (C=O) groups is 1. The highest BCUT2D eigenvalue weighted by molar-refractivity contribution is 5.76. The van der Waals surface area contributed by atoms with Gasteiger partial charge in [0.1, 0.15) is 5.75 Å². The number of aryl methyl sites for hydroxylation is 1. The van der Waals surface area contributed by atoms with Gasteiger partial charge in [-0.15, -0.1) is 0 Å². The number of benzene rings is 1. The average molecular weight is 346 g/mol. The number of hydrogen-bond acceptors (Lipinski definition) is 4. The molecule has 1 aromatic rings. The van der Waals surface area contributed by atoms with E-state index in [9.17, 15) is 9.90 Å². The molecule has 2 unspecified atom stereocenters. The number of hydrogen-bond donors (Lipinski definition) is 1. The Bertz CT molecular complexity index is 553. The first kappa shape index (κ1) is 18.2. The summed E-state index contributed by atoms with van der Waals surface area (Å²) in [5.41, 5.74) is 1.16. The molecule has 2 aliphatic rings. The third kappa shape index (κ3) is 4.73. The predicted molar refractivity (Wildman–Crippen MR) is 97.7 cm³/mol. The van der Waals surface area contributed by atoms with E-state index in [0.717, 1.165) is 63.2 Å². The van der Waals surface area contributed by atoms with Crippen molar-refractivity contribution in [1.29, 1.82) is 0 Å². The molecular weight excluding hydrogens is 316 g/mol. The molecular formula is C20H30N2O3. The van der Waals surface area contributed by atoms with Gasteiger partial charge in [0.05, 0.1) is 13.2 Å². The first-order valence-corrected chi connectivity index (χ1v) is 9.50. The number of carbonyl (C=O) groups excluding carboxylic acids is 1. The third-order valence-corrected chi connectivity index (χ3v) is 5.62. The van der Waals surface area contributed by atoms with Crippen LogP contribution in [-0.4, -0.2) is 66.2 Å². The summed E-state index contributed by atoms with van der Waals surface area (Å²) >= 11 is 0. The minimum atomic E-state index is -0.189. The van der Waals surface area contributed by atoms with E-state index in [4.69, 9.17) is 4.74 Å². The van der Waals surface area contributed by atoms with Gasteiger partial charge >= 0.3 is 0 Å². The van der Waals surface area contributed by atoms with E-state index < -0.39 is 0 Å². The van der Waals surface area contributed by atoms with Crippen LogP contribution in [0, 0.1) is 0 Å². The largest absolute Gasteiger partial charge is 0.497 e. The fourth-order valence-electron chi connectivity index (χ4n) is 4.02. The Morgan fingerprint density at radius 3 is 2.44 bits per heavy atom. The molecule has 138 valence electrons. The van der Waals surface area contributed by atoms with Crippen molar-refractivity contribution < 1.29 is 14.6 Å². The molecule has 1 aromatic carbocycles. The summed E-state index contributed by atoms with van der Waals surface area (Å²) in [5.74, 6) is 1.08. The molecule has 1 saturated carbocycles. The molecule has 3 rings (SSSR count). The van der Waals surface area contributed by atoms with Gasteiger partial charge in [-0.25, -0.2) is 0 Å². The zero-order valence-corrected chi connectivity index (χ0v) is 15.2. The fraction of sp³-hybridized carbons (Fsp3) is 0.650. The van der Waals surface area contributed by atoms with Crippen molar-refractivity contribution in [3.05, 3.63) is 29.8 Å². The summed E-state index contributed by atoms with van der Waals surface area (Å²) < 4.78 is 5.16. The number of aliphatic hydroxyl groups is 1. The van der Waals surface area contributed by atoms with Crippen LogP contribution in [-0.2, 0) is 11.2 Å². The summed E-state index contributed by atoms with van der Waals surface area (Å²) in [7, 11) is 1.66. The molecule has 1 N–H and O–H groups in total. The predicted octanol–water partition coefficient (Wildman–Crippen LogP) is 2.08. The van der Waals surface area contributed by atoms with Gasteiger partial charge in [0, 0.05) is 38.6 Å². The zero-order valence-electron chi connectivity index (χ0n) is 15.2. The number of ether oxygens (including phenoxy) is 1. The van der Waals surface area contributed by atoms with Gasteiger partial charge < -0.3 is 14.7 Å². The van der Waals surface area contributed by atoms with Crippen molar-refractivity contribution in [3.8, 4) is 5.75 Å². The number of amides is 1. The maximum atomic E-state index is 12.5. The highest BCUT2D eigenvalue weighted by Crippen LogP contribution is 2.24. The van der Waals surface area contributed by atoms with Gasteiger partial charge in [0.2, 0.25) is 5.91 Å². The maximum absolute atomic E-state index is 12.5. The lowest BCUT2D eigenvalue weighted by Crippen LogP contribution is -2.55. The quantitative estimate of drug-likeness (QED) is 0.887. The molecule has 2 atom stereocenters. The molecule has 1 saturated heterocycles. The Morgan fingerprint density at radius 1 is 1.12 bits per heavy atom. The van der Waals surface area contributed by atoms with Crippen LogP contribution in [0.15, 0.2) is 24.3 Å². The Labute approximate surface area is 150 Å². The molecule has 2 fully saturated rings. The second-order valence-corrected chi connectivity index (χ2v) is 7.18. The SMILES string of the molecule is COc1ccc(CCC(=O)N2CCN(C3CCCCC3O)CC2)cc1. The van der Waals surface area contributed by atoms with E-state index >= 15 is 0 Å². The maximum Gasteiger partial charge on any atom is 0.222 e. The van der Waals surface area contributed by atoms with Gasteiger partial charge in [0.25, 0.3) is 0 Å². The van der Waals surface area contributed by atoms with Crippen molar-refractivity contribution in [2.45, 2.75) is 50.7 Å². The summed E-state index contributed by atoms with van der Waals surface area (Å²) in [5, 5.41) is 10.2. The molecule has 5 nitrogen and oxygen atoms in total. The smallest absolute Gasteiger partial charge is 0.222 e. The van der Waals surface area contributed by atoms with Gasteiger partial charge in [-0.1, -0.05) is 25.0 Å². The number of rotatable bonds is 5. The molecule has 1 aliphatic carbocycles. The number of nitrogens with zero attached hydrogens (tertiary/aromatic N) is 2. The Balaban J connectivity index is 1.43. The van der Waals surface area contributed by atoms with Crippen LogP contribution < -0.4 is 4.74 Å². The number of aliphatic hydroxyl groups excluding tert-OH is 1. The Hall–Kier alpha value is -1.59. The second kappa shape index (κ2) is 8.68. The summed E-state index contributed by atoms with van der Waals surface area (Å²) in [6.07, 6.45) is 5.50. The van der Waals surface area contributed by atoms with Crippen LogP contribution in [0.1, 0.15) is 37.7 Å². The zero-order chi connectivity index (χ0) is 17.6. The van der Waals surface area contributed by atoms with Gasteiger partial charge in [-0.3, -0.25) is 9.69 Å². The molecule has 0 bridgehead atoms. The van der Waals surface area contributed by atoms with E-state index in [2.05, 4.69) is 4.90 Å². The van der Waals surface area contributed by atoms with E-state index in [1.807, 2.05) is 29.2 Å². The monoisotopic (exact) mass is 346 g/mol. The number of methoxy groups -OCH3 is 1. The van der Waals surface area contributed by atoms with Crippen molar-refractivity contribution in [2.75, 3.05) is 33.3 Å². The average Bonchev–Trinajstić information content (AvgIpc) is 2.67. The lowest BCUT2D eigenvalue weighted by atomic mass is 9.91. The van der Waals surface area contributed by atoms with E-state index in [1.54, 1.807) is 7.11 Å². The topological polar surface area (TPSA) is 53.0 Å². The molecule has 1 heterocycles. The molecule has 0 radical (unpaired) electrons. The second-order valence-electron chi connectivity index (χ2n) is 7.18. The molecule has 0 aromatic heterocycles. The molecule has 1 amide bonds. The van der Waals surface area contributed by atoms with Crippen molar-refractivity contribution in [3.63, 3.8) is 0 Å². The molecule has 1 aliphatic heterocycles. The van der Waals surface area contributed by atoms with Gasteiger partial charge in [-0.05, 0) is 37.0 Å². The van der Waals surface area contributed by atoms with E-state index in [-0.39, 0.29) is 12.0 Å². The van der Waals surface area contributed by atoms with E-state index in [1.165, 1.54) is 6.42 Å². The number of piperazine rings is 1.